The fraction of sp³-hybridized carbons (Fsp3) is 0.542. The van der Waals surface area contributed by atoms with Crippen LogP contribution in [0.1, 0.15) is 63.5 Å². The minimum atomic E-state index is -0.311. The van der Waals surface area contributed by atoms with Crippen LogP contribution in [-0.2, 0) is 16.6 Å². The van der Waals surface area contributed by atoms with Crippen LogP contribution in [0.15, 0.2) is 42.5 Å². The summed E-state index contributed by atoms with van der Waals surface area (Å²) < 4.78 is 5.54. The number of aryl methyl sites for hydroxylation is 1. The summed E-state index contributed by atoms with van der Waals surface area (Å²) in [6.45, 7) is 4.25. The average Bonchev–Trinajstić information content (AvgIpc) is 2.68. The first-order chi connectivity index (χ1) is 13.1. The van der Waals surface area contributed by atoms with Gasteiger partial charge in [-0.2, -0.15) is 0 Å². The van der Waals surface area contributed by atoms with E-state index in [1.54, 1.807) is 6.08 Å². The topological polar surface area (TPSA) is 38.3 Å². The van der Waals surface area contributed by atoms with E-state index in [1.165, 1.54) is 55.7 Å². The number of hydrogen-bond acceptors (Lipinski definition) is 3. The van der Waals surface area contributed by atoms with Crippen LogP contribution < -0.4 is 10.1 Å². The van der Waals surface area contributed by atoms with Gasteiger partial charge in [0.25, 0.3) is 0 Å². The summed E-state index contributed by atoms with van der Waals surface area (Å²) in [6, 6.07) is 6.28. The second-order valence-corrected chi connectivity index (χ2v) is 7.62. The Hall–Kier alpha value is -1.87. The summed E-state index contributed by atoms with van der Waals surface area (Å²) in [5.41, 5.74) is 3.21. The van der Waals surface area contributed by atoms with Gasteiger partial charge in [-0.1, -0.05) is 44.1 Å². The number of esters is 1. The van der Waals surface area contributed by atoms with Gasteiger partial charge in [0.15, 0.2) is 0 Å². The summed E-state index contributed by atoms with van der Waals surface area (Å²) in [5, 5.41) is 2.75. The van der Waals surface area contributed by atoms with E-state index < -0.39 is 0 Å². The summed E-state index contributed by atoms with van der Waals surface area (Å²) in [6.07, 6.45) is 15.9. The number of rotatable bonds is 4. The number of benzene rings is 1. The highest BCUT2D eigenvalue weighted by Crippen LogP contribution is 2.52. The Morgan fingerprint density at radius 3 is 2.74 bits per heavy atom. The van der Waals surface area contributed by atoms with Crippen molar-refractivity contribution in [3.05, 3.63) is 53.6 Å². The zero-order chi connectivity index (χ0) is 19.7. The Bertz CT molecular complexity index is 677. The van der Waals surface area contributed by atoms with Crippen molar-refractivity contribution in [1.29, 1.82) is 0 Å². The molecular formula is C24H35NO2. The third kappa shape index (κ3) is 5.10. The third-order valence-corrected chi connectivity index (χ3v) is 5.97. The molecular weight excluding hydrogens is 334 g/mol. The summed E-state index contributed by atoms with van der Waals surface area (Å²) in [5.74, 6) is 1.17. The highest BCUT2D eigenvalue weighted by atomic mass is 16.5. The van der Waals surface area contributed by atoms with Gasteiger partial charge in [0.1, 0.15) is 5.75 Å². The molecule has 0 amide bonds. The van der Waals surface area contributed by atoms with Gasteiger partial charge in [-0.25, -0.2) is 4.79 Å². The fourth-order valence-corrected chi connectivity index (χ4v) is 4.77. The fourth-order valence-electron chi connectivity index (χ4n) is 4.77. The molecule has 148 valence electrons. The minimum Gasteiger partial charge on any atom is -0.423 e. The lowest BCUT2D eigenvalue weighted by molar-refractivity contribution is -0.129. The van der Waals surface area contributed by atoms with Crippen molar-refractivity contribution in [3.8, 4) is 5.75 Å². The predicted molar refractivity (Wildman–Crippen MR) is 113 cm³/mol. The molecule has 2 aliphatic carbocycles. The first-order valence-electron chi connectivity index (χ1n) is 10.3. The molecule has 0 spiro atoms. The molecule has 0 bridgehead atoms. The van der Waals surface area contributed by atoms with Crippen LogP contribution in [0.2, 0.25) is 0 Å². The van der Waals surface area contributed by atoms with Gasteiger partial charge in [0.05, 0.1) is 0 Å². The van der Waals surface area contributed by atoms with Gasteiger partial charge < -0.3 is 10.1 Å². The number of fused-ring (bicyclic) bond motifs is 3. The van der Waals surface area contributed by atoms with E-state index >= 15 is 0 Å². The van der Waals surface area contributed by atoms with E-state index in [0.29, 0.717) is 11.2 Å². The quantitative estimate of drug-likeness (QED) is 0.337. The lowest BCUT2D eigenvalue weighted by atomic mass is 9.56. The standard InChI is InChI=1S/C22H28O2.C2H7N/c1-3-5-6-10-21(23)24-19-14-12-17-11-13-18-9-7-8-15-22(18,4-2)20(17)16-19;1-3-2/h3,5-6,10,12,14,16,18H,4,7-9,11,13,15H2,1-2H3;3H,1-2H3/b5-3+,10-6+;/t18-,22-;/m1./s1. The maximum Gasteiger partial charge on any atom is 0.336 e. The maximum absolute atomic E-state index is 11.9. The molecule has 27 heavy (non-hydrogen) atoms. The predicted octanol–water partition coefficient (Wildman–Crippen LogP) is 5.34. The van der Waals surface area contributed by atoms with Gasteiger partial charge in [0.2, 0.25) is 0 Å². The van der Waals surface area contributed by atoms with Crippen molar-refractivity contribution in [3.63, 3.8) is 0 Å². The number of carbonyl (C=O) groups is 1. The molecule has 3 heteroatoms. The van der Waals surface area contributed by atoms with E-state index in [9.17, 15) is 4.79 Å². The van der Waals surface area contributed by atoms with Crippen molar-refractivity contribution < 1.29 is 9.53 Å². The normalized spacial score (nSPS) is 24.1. The molecule has 1 aromatic rings. The molecule has 2 aliphatic rings. The van der Waals surface area contributed by atoms with Crippen LogP contribution in [0.25, 0.3) is 0 Å². The largest absolute Gasteiger partial charge is 0.423 e. The Labute approximate surface area is 164 Å². The summed E-state index contributed by atoms with van der Waals surface area (Å²) in [4.78, 5) is 11.9. The van der Waals surface area contributed by atoms with E-state index in [4.69, 9.17) is 4.74 Å². The van der Waals surface area contributed by atoms with Crippen molar-refractivity contribution in [1.82, 2.24) is 5.32 Å². The second kappa shape index (κ2) is 10.5. The van der Waals surface area contributed by atoms with Crippen LogP contribution in [0.4, 0.5) is 0 Å². The molecule has 1 fully saturated rings. The molecule has 0 heterocycles. The van der Waals surface area contributed by atoms with Crippen LogP contribution in [-0.4, -0.2) is 20.1 Å². The number of nitrogens with one attached hydrogen (secondary N) is 1. The SMILES string of the molecule is C/C=C/C=C/C(=O)Oc1ccc2c(c1)[C@]1(CC)CCCC[C@@H]1CC2.CNC. The van der Waals surface area contributed by atoms with Crippen molar-refractivity contribution >= 4 is 5.97 Å². The summed E-state index contributed by atoms with van der Waals surface area (Å²) >= 11 is 0. The molecule has 0 saturated heterocycles. The number of hydrogen-bond donors (Lipinski definition) is 1. The molecule has 3 rings (SSSR count). The van der Waals surface area contributed by atoms with Crippen LogP contribution in [0, 0.1) is 5.92 Å². The monoisotopic (exact) mass is 369 g/mol. The maximum atomic E-state index is 11.9. The van der Waals surface area contributed by atoms with Gasteiger partial charge in [0, 0.05) is 6.08 Å². The van der Waals surface area contributed by atoms with Crippen LogP contribution in [0.5, 0.6) is 5.75 Å². The van der Waals surface area contributed by atoms with Crippen LogP contribution in [0.3, 0.4) is 0 Å². The van der Waals surface area contributed by atoms with Gasteiger partial charge >= 0.3 is 5.97 Å². The third-order valence-electron chi connectivity index (χ3n) is 5.97. The summed E-state index contributed by atoms with van der Waals surface area (Å²) in [7, 11) is 3.75. The molecule has 1 N–H and O–H groups in total. The molecule has 1 saturated carbocycles. The second-order valence-electron chi connectivity index (χ2n) is 7.62. The molecule has 0 unspecified atom stereocenters. The number of allylic oxidation sites excluding steroid dienone is 3. The smallest absolute Gasteiger partial charge is 0.336 e. The lowest BCUT2D eigenvalue weighted by Crippen LogP contribution is -2.41. The molecule has 2 atom stereocenters. The van der Waals surface area contributed by atoms with E-state index in [-0.39, 0.29) is 5.97 Å². The molecule has 3 nitrogen and oxygen atoms in total. The van der Waals surface area contributed by atoms with Gasteiger partial charge in [-0.05, 0) is 87.7 Å². The first-order valence-corrected chi connectivity index (χ1v) is 10.3. The van der Waals surface area contributed by atoms with Crippen molar-refractivity contribution in [2.45, 2.75) is 64.2 Å². The van der Waals surface area contributed by atoms with E-state index in [1.807, 2.05) is 39.2 Å². The zero-order valence-corrected chi connectivity index (χ0v) is 17.4. The average molecular weight is 370 g/mol. The Morgan fingerprint density at radius 1 is 1.26 bits per heavy atom. The highest BCUT2D eigenvalue weighted by Gasteiger charge is 2.44. The molecule has 0 radical (unpaired) electrons. The first kappa shape index (κ1) is 21.4. The van der Waals surface area contributed by atoms with E-state index in [2.05, 4.69) is 24.4 Å². The van der Waals surface area contributed by atoms with Gasteiger partial charge in [-0.15, -0.1) is 0 Å². The van der Waals surface area contributed by atoms with Crippen LogP contribution >= 0.6 is 0 Å². The molecule has 0 aliphatic heterocycles. The zero-order valence-electron chi connectivity index (χ0n) is 17.4. The number of carbonyl (C=O) groups excluding carboxylic acids is 1. The van der Waals surface area contributed by atoms with Gasteiger partial charge in [-0.3, -0.25) is 0 Å². The Morgan fingerprint density at radius 2 is 2.04 bits per heavy atom. The van der Waals surface area contributed by atoms with Crippen molar-refractivity contribution in [2.24, 2.45) is 5.92 Å². The Balaban J connectivity index is 0.000000817. The Kier molecular flexibility index (Phi) is 8.30. The van der Waals surface area contributed by atoms with E-state index in [0.717, 1.165) is 12.3 Å². The minimum absolute atomic E-state index is 0.301. The highest BCUT2D eigenvalue weighted by molar-refractivity contribution is 5.84. The molecule has 1 aromatic carbocycles. The molecule has 0 aromatic heterocycles. The number of ether oxygens (including phenoxy) is 1. The van der Waals surface area contributed by atoms with Crippen molar-refractivity contribution in [2.75, 3.05) is 14.1 Å². The lowest BCUT2D eigenvalue weighted by Gasteiger charge is -2.48.